The predicted octanol–water partition coefficient (Wildman–Crippen LogP) is 2.94. The Kier molecular flexibility index (Phi) is 3.89. The standard InChI is InChI=1S/C11H10O.C2H4O2/c1-8-4-2-6-10-9(8)5-3-7-11(10)12;1-2(3)4/h2-7,12H,1H3;1H3,(H,3,4). The van der Waals surface area contributed by atoms with Gasteiger partial charge >= 0.3 is 0 Å². The Labute approximate surface area is 94.0 Å². The molecule has 0 saturated carbocycles. The molecule has 0 aliphatic heterocycles. The molecule has 2 aromatic carbocycles. The van der Waals surface area contributed by atoms with Crippen LogP contribution in [0.25, 0.3) is 10.8 Å². The molecule has 0 amide bonds. The number of hydrogen-bond acceptors (Lipinski definition) is 2. The molecule has 0 bridgehead atoms. The van der Waals surface area contributed by atoms with Gasteiger partial charge in [0.2, 0.25) is 0 Å². The summed E-state index contributed by atoms with van der Waals surface area (Å²) >= 11 is 0. The van der Waals surface area contributed by atoms with Gasteiger partial charge in [0.05, 0.1) is 0 Å². The van der Waals surface area contributed by atoms with E-state index in [0.29, 0.717) is 5.75 Å². The molecule has 0 atom stereocenters. The van der Waals surface area contributed by atoms with Gasteiger partial charge in [-0.05, 0) is 23.9 Å². The lowest BCUT2D eigenvalue weighted by Crippen LogP contribution is -1.78. The highest BCUT2D eigenvalue weighted by Crippen LogP contribution is 2.25. The second kappa shape index (κ2) is 5.16. The second-order valence-corrected chi connectivity index (χ2v) is 3.47. The average Bonchev–Trinajstić information content (AvgIpc) is 2.19. The van der Waals surface area contributed by atoms with E-state index in [9.17, 15) is 5.11 Å². The van der Waals surface area contributed by atoms with Gasteiger partial charge in [-0.1, -0.05) is 30.3 Å². The van der Waals surface area contributed by atoms with E-state index in [0.717, 1.165) is 17.7 Å². The van der Waals surface area contributed by atoms with Gasteiger partial charge in [-0.2, -0.15) is 0 Å². The van der Waals surface area contributed by atoms with Gasteiger partial charge in [0, 0.05) is 12.3 Å². The molecular weight excluding hydrogens is 204 g/mol. The fourth-order valence-electron chi connectivity index (χ4n) is 1.45. The molecule has 3 heteroatoms. The first-order valence-electron chi connectivity index (χ1n) is 4.89. The smallest absolute Gasteiger partial charge is 0.300 e. The van der Waals surface area contributed by atoms with E-state index < -0.39 is 5.97 Å². The van der Waals surface area contributed by atoms with E-state index in [-0.39, 0.29) is 0 Å². The van der Waals surface area contributed by atoms with Crippen molar-refractivity contribution in [1.29, 1.82) is 0 Å². The Morgan fingerprint density at radius 3 is 2.12 bits per heavy atom. The lowest BCUT2D eigenvalue weighted by molar-refractivity contribution is -0.134. The van der Waals surface area contributed by atoms with Gasteiger partial charge in [0.1, 0.15) is 5.75 Å². The van der Waals surface area contributed by atoms with E-state index in [2.05, 4.69) is 0 Å². The fourth-order valence-corrected chi connectivity index (χ4v) is 1.45. The van der Waals surface area contributed by atoms with Crippen molar-refractivity contribution in [1.82, 2.24) is 0 Å². The van der Waals surface area contributed by atoms with Crippen LogP contribution in [0.4, 0.5) is 0 Å². The van der Waals surface area contributed by atoms with Gasteiger partial charge in [0.25, 0.3) is 5.97 Å². The van der Waals surface area contributed by atoms with Crippen LogP contribution in [-0.4, -0.2) is 16.2 Å². The highest BCUT2D eigenvalue weighted by Gasteiger charge is 1.98. The zero-order chi connectivity index (χ0) is 12.1. The van der Waals surface area contributed by atoms with Crippen LogP contribution in [0.2, 0.25) is 0 Å². The summed E-state index contributed by atoms with van der Waals surface area (Å²) in [6.07, 6.45) is 0. The molecule has 3 nitrogen and oxygen atoms in total. The maximum Gasteiger partial charge on any atom is 0.300 e. The number of rotatable bonds is 0. The van der Waals surface area contributed by atoms with Crippen molar-refractivity contribution in [3.8, 4) is 5.75 Å². The van der Waals surface area contributed by atoms with Gasteiger partial charge in [-0.3, -0.25) is 4.79 Å². The molecule has 0 aliphatic rings. The summed E-state index contributed by atoms with van der Waals surface area (Å²) in [4.78, 5) is 9.00. The Morgan fingerprint density at radius 2 is 1.56 bits per heavy atom. The minimum absolute atomic E-state index is 0.358. The fraction of sp³-hybridized carbons (Fsp3) is 0.154. The van der Waals surface area contributed by atoms with Gasteiger partial charge < -0.3 is 10.2 Å². The molecule has 0 saturated heterocycles. The van der Waals surface area contributed by atoms with Crippen molar-refractivity contribution in [3.05, 3.63) is 42.0 Å². The zero-order valence-electron chi connectivity index (χ0n) is 9.27. The van der Waals surface area contributed by atoms with Crippen LogP contribution in [0.3, 0.4) is 0 Å². The van der Waals surface area contributed by atoms with E-state index in [4.69, 9.17) is 9.90 Å². The van der Waals surface area contributed by atoms with Gasteiger partial charge in [-0.25, -0.2) is 0 Å². The molecule has 0 radical (unpaired) electrons. The van der Waals surface area contributed by atoms with Crippen LogP contribution >= 0.6 is 0 Å². The SMILES string of the molecule is CC(=O)O.Cc1cccc2c(O)cccc12. The first-order chi connectivity index (χ1) is 7.52. The zero-order valence-corrected chi connectivity index (χ0v) is 9.27. The van der Waals surface area contributed by atoms with Crippen LogP contribution in [0.15, 0.2) is 36.4 Å². The molecule has 0 spiro atoms. The third kappa shape index (κ3) is 2.98. The number of aromatic hydroxyl groups is 1. The molecule has 0 fully saturated rings. The average molecular weight is 218 g/mol. The van der Waals surface area contributed by atoms with E-state index in [1.807, 2.05) is 37.3 Å². The van der Waals surface area contributed by atoms with Crippen molar-refractivity contribution in [2.24, 2.45) is 0 Å². The monoisotopic (exact) mass is 218 g/mol. The van der Waals surface area contributed by atoms with E-state index in [1.54, 1.807) is 6.07 Å². The summed E-state index contributed by atoms with van der Waals surface area (Å²) in [5, 5.41) is 19.0. The minimum Gasteiger partial charge on any atom is -0.507 e. The molecule has 84 valence electrons. The van der Waals surface area contributed by atoms with Crippen LogP contribution < -0.4 is 0 Å². The molecule has 2 N–H and O–H groups in total. The maximum absolute atomic E-state index is 9.50. The summed E-state index contributed by atoms with van der Waals surface area (Å²) in [7, 11) is 0. The highest BCUT2D eigenvalue weighted by atomic mass is 16.4. The molecule has 0 aromatic heterocycles. The summed E-state index contributed by atoms with van der Waals surface area (Å²) < 4.78 is 0. The Bertz CT molecular complexity index is 458. The van der Waals surface area contributed by atoms with Crippen molar-refractivity contribution in [2.75, 3.05) is 0 Å². The van der Waals surface area contributed by atoms with E-state index in [1.165, 1.54) is 5.56 Å². The van der Waals surface area contributed by atoms with Crippen LogP contribution in [0.5, 0.6) is 5.75 Å². The number of carbonyl (C=O) groups is 1. The Hall–Kier alpha value is -2.03. The minimum atomic E-state index is -0.833. The van der Waals surface area contributed by atoms with Crippen LogP contribution in [-0.2, 0) is 4.79 Å². The normalized spacial score (nSPS) is 9.38. The first kappa shape index (κ1) is 12.0. The first-order valence-corrected chi connectivity index (χ1v) is 4.89. The lowest BCUT2D eigenvalue weighted by Gasteiger charge is -2.02. The number of aliphatic carboxylic acids is 1. The number of aryl methyl sites for hydroxylation is 1. The van der Waals surface area contributed by atoms with Crippen molar-refractivity contribution < 1.29 is 15.0 Å². The molecule has 0 unspecified atom stereocenters. The maximum atomic E-state index is 9.50. The predicted molar refractivity (Wildman–Crippen MR) is 63.7 cm³/mol. The number of benzene rings is 2. The number of carboxylic acids is 1. The number of phenols is 1. The second-order valence-electron chi connectivity index (χ2n) is 3.47. The third-order valence-electron chi connectivity index (χ3n) is 2.12. The van der Waals surface area contributed by atoms with Gasteiger partial charge in [0.15, 0.2) is 0 Å². The van der Waals surface area contributed by atoms with Crippen molar-refractivity contribution >= 4 is 16.7 Å². The largest absolute Gasteiger partial charge is 0.507 e. The third-order valence-corrected chi connectivity index (χ3v) is 2.12. The number of hydrogen-bond donors (Lipinski definition) is 2. The Morgan fingerprint density at radius 1 is 1.06 bits per heavy atom. The molecule has 0 aliphatic carbocycles. The molecule has 2 aromatic rings. The molecule has 0 heterocycles. The van der Waals surface area contributed by atoms with E-state index >= 15 is 0 Å². The van der Waals surface area contributed by atoms with Crippen LogP contribution in [0, 0.1) is 6.92 Å². The quantitative estimate of drug-likeness (QED) is 0.714. The lowest BCUT2D eigenvalue weighted by atomic mass is 10.1. The summed E-state index contributed by atoms with van der Waals surface area (Å²) in [6, 6.07) is 11.5. The summed E-state index contributed by atoms with van der Waals surface area (Å²) in [5.74, 6) is -0.476. The number of carboxylic acid groups (broad SMARTS) is 1. The molecular formula is C13H14O3. The molecule has 16 heavy (non-hydrogen) atoms. The van der Waals surface area contributed by atoms with Crippen LogP contribution in [0.1, 0.15) is 12.5 Å². The van der Waals surface area contributed by atoms with Gasteiger partial charge in [-0.15, -0.1) is 0 Å². The van der Waals surface area contributed by atoms with Crippen molar-refractivity contribution in [3.63, 3.8) is 0 Å². The Balaban J connectivity index is 0.000000280. The number of fused-ring (bicyclic) bond motifs is 1. The number of phenolic OH excluding ortho intramolecular Hbond substituents is 1. The topological polar surface area (TPSA) is 57.5 Å². The summed E-state index contributed by atoms with van der Waals surface area (Å²) in [6.45, 7) is 3.13. The highest BCUT2D eigenvalue weighted by molar-refractivity contribution is 5.90. The molecule has 2 rings (SSSR count). The van der Waals surface area contributed by atoms with Crippen molar-refractivity contribution in [2.45, 2.75) is 13.8 Å². The summed E-state index contributed by atoms with van der Waals surface area (Å²) in [5.41, 5.74) is 1.20.